The minimum Gasteiger partial charge on any atom is -0.344 e. The van der Waals surface area contributed by atoms with Gasteiger partial charge in [0, 0.05) is 6.04 Å². The van der Waals surface area contributed by atoms with Crippen molar-refractivity contribution in [2.24, 2.45) is 0 Å². The number of nitrogens with zero attached hydrogens (tertiary/aromatic N) is 3. The second-order valence-electron chi connectivity index (χ2n) is 8.41. The first kappa shape index (κ1) is 22.3. The molecule has 34 heavy (non-hydrogen) atoms. The molecule has 1 saturated carbocycles. The highest BCUT2D eigenvalue weighted by Gasteiger charge is 2.32. The predicted molar refractivity (Wildman–Crippen MR) is 132 cm³/mol. The van der Waals surface area contributed by atoms with E-state index in [1.807, 2.05) is 72.2 Å². The summed E-state index contributed by atoms with van der Waals surface area (Å²) in [5.41, 5.74) is 2.46. The topological polar surface area (TPSA) is 59.8 Å². The van der Waals surface area contributed by atoms with E-state index in [9.17, 15) is 9.18 Å². The number of carbonyl (C=O) groups is 1. The van der Waals surface area contributed by atoms with Gasteiger partial charge in [-0.2, -0.15) is 0 Å². The van der Waals surface area contributed by atoms with Crippen LogP contribution in [0.4, 0.5) is 4.39 Å². The van der Waals surface area contributed by atoms with E-state index in [0.29, 0.717) is 16.5 Å². The third kappa shape index (κ3) is 4.75. The minimum absolute atomic E-state index is 0.0968. The van der Waals surface area contributed by atoms with Crippen molar-refractivity contribution in [3.63, 3.8) is 0 Å². The Hall–Kier alpha value is -3.45. The molecule has 0 saturated heterocycles. The predicted octanol–water partition coefficient (Wildman–Crippen LogP) is 5.81. The van der Waals surface area contributed by atoms with Gasteiger partial charge in [0.25, 0.3) is 0 Å². The lowest BCUT2D eigenvalue weighted by Gasteiger charge is -2.22. The van der Waals surface area contributed by atoms with Gasteiger partial charge in [0.15, 0.2) is 11.0 Å². The number of amides is 1. The number of thioether (sulfide) groups is 1. The van der Waals surface area contributed by atoms with Gasteiger partial charge in [-0.1, -0.05) is 84.6 Å². The van der Waals surface area contributed by atoms with Gasteiger partial charge in [-0.05, 0) is 43.0 Å². The van der Waals surface area contributed by atoms with Crippen LogP contribution in [0.5, 0.6) is 0 Å². The fourth-order valence-electron chi connectivity index (χ4n) is 3.97. The van der Waals surface area contributed by atoms with Crippen LogP contribution in [0.2, 0.25) is 0 Å². The van der Waals surface area contributed by atoms with Crippen molar-refractivity contribution in [3.05, 3.63) is 102 Å². The fourth-order valence-corrected chi connectivity index (χ4v) is 4.90. The first-order valence-corrected chi connectivity index (χ1v) is 12.3. The van der Waals surface area contributed by atoms with Gasteiger partial charge >= 0.3 is 0 Å². The maximum atomic E-state index is 14.5. The zero-order valence-corrected chi connectivity index (χ0v) is 19.6. The zero-order chi connectivity index (χ0) is 23.5. The smallest absolute Gasteiger partial charge is 0.234 e. The number of benzene rings is 3. The molecule has 1 fully saturated rings. The zero-order valence-electron chi connectivity index (χ0n) is 18.8. The third-order valence-corrected chi connectivity index (χ3v) is 6.95. The summed E-state index contributed by atoms with van der Waals surface area (Å²) >= 11 is 1.36. The highest BCUT2D eigenvalue weighted by molar-refractivity contribution is 8.00. The van der Waals surface area contributed by atoms with Crippen LogP contribution >= 0.6 is 11.8 Å². The van der Waals surface area contributed by atoms with Gasteiger partial charge in [-0.25, -0.2) is 4.39 Å². The number of rotatable bonds is 8. The van der Waals surface area contributed by atoms with Gasteiger partial charge in [-0.3, -0.25) is 9.36 Å². The number of hydrogen-bond acceptors (Lipinski definition) is 4. The molecule has 1 amide bonds. The van der Waals surface area contributed by atoms with E-state index in [2.05, 4.69) is 15.5 Å². The summed E-state index contributed by atoms with van der Waals surface area (Å²) in [4.78, 5) is 13.3. The molecular formula is C27H25FN4OS. The molecule has 3 aromatic carbocycles. The third-order valence-electron chi connectivity index (χ3n) is 5.90. The van der Waals surface area contributed by atoms with E-state index in [0.717, 1.165) is 24.0 Å². The minimum atomic E-state index is -0.412. The Labute approximate surface area is 202 Å². The van der Waals surface area contributed by atoms with Gasteiger partial charge < -0.3 is 5.32 Å². The molecule has 5 rings (SSSR count). The first-order valence-electron chi connectivity index (χ1n) is 11.4. The second kappa shape index (κ2) is 9.81. The lowest BCUT2D eigenvalue weighted by Crippen LogP contribution is -2.35. The van der Waals surface area contributed by atoms with Crippen LogP contribution in [0.25, 0.3) is 11.4 Å². The Balaban J connectivity index is 1.38. The average Bonchev–Trinajstić information content (AvgIpc) is 3.63. The fraction of sp³-hybridized carbons (Fsp3) is 0.222. The summed E-state index contributed by atoms with van der Waals surface area (Å²) in [6.07, 6.45) is 2.00. The maximum Gasteiger partial charge on any atom is 0.234 e. The Kier molecular flexibility index (Phi) is 6.45. The van der Waals surface area contributed by atoms with Crippen molar-refractivity contribution in [1.82, 2.24) is 20.1 Å². The Bertz CT molecular complexity index is 1230. The van der Waals surface area contributed by atoms with Crippen LogP contribution in [-0.4, -0.2) is 25.9 Å². The van der Waals surface area contributed by atoms with E-state index in [1.54, 1.807) is 18.2 Å². The molecule has 4 aromatic rings. The molecule has 0 spiro atoms. The van der Waals surface area contributed by atoms with Gasteiger partial charge in [0.05, 0.1) is 16.9 Å². The number of nitrogens with one attached hydrogen (secondary N) is 1. The Morgan fingerprint density at radius 1 is 0.941 bits per heavy atom. The van der Waals surface area contributed by atoms with E-state index in [1.165, 1.54) is 17.8 Å². The molecule has 0 bridgehead atoms. The van der Waals surface area contributed by atoms with Crippen molar-refractivity contribution in [1.29, 1.82) is 0 Å². The van der Waals surface area contributed by atoms with Crippen molar-refractivity contribution in [2.75, 3.05) is 0 Å². The summed E-state index contributed by atoms with van der Waals surface area (Å²) in [6, 6.07) is 26.4. The largest absolute Gasteiger partial charge is 0.344 e. The standard InChI is InChI=1S/C27H25FN4OS/c1-18(26(33)29-24(19-10-4-2-5-11-19)20-12-6-3-7-13-20)34-27-31-30-25(32(27)21-16-17-21)22-14-8-9-15-23(22)28/h2-15,18,21,24H,16-17H2,1H3,(H,29,33). The van der Waals surface area contributed by atoms with Crippen molar-refractivity contribution >= 4 is 17.7 Å². The molecule has 1 aromatic heterocycles. The highest BCUT2D eigenvalue weighted by atomic mass is 32.2. The molecule has 1 aliphatic carbocycles. The quantitative estimate of drug-likeness (QED) is 0.329. The monoisotopic (exact) mass is 472 g/mol. The molecule has 1 atom stereocenters. The molecule has 1 heterocycles. The molecule has 172 valence electrons. The number of hydrogen-bond donors (Lipinski definition) is 1. The van der Waals surface area contributed by atoms with Crippen LogP contribution in [0.1, 0.15) is 43.0 Å². The summed E-state index contributed by atoms with van der Waals surface area (Å²) in [6.45, 7) is 1.86. The lowest BCUT2D eigenvalue weighted by molar-refractivity contribution is -0.120. The molecule has 7 heteroatoms. The molecule has 1 unspecified atom stereocenters. The molecule has 1 N–H and O–H groups in total. The number of aromatic nitrogens is 3. The summed E-state index contributed by atoms with van der Waals surface area (Å²) in [5, 5.41) is 12.1. The van der Waals surface area contributed by atoms with Crippen molar-refractivity contribution in [3.8, 4) is 11.4 Å². The van der Waals surface area contributed by atoms with Crippen LogP contribution in [0.3, 0.4) is 0 Å². The van der Waals surface area contributed by atoms with Crippen LogP contribution in [0, 0.1) is 5.82 Å². The average molecular weight is 473 g/mol. The maximum absolute atomic E-state index is 14.5. The Morgan fingerprint density at radius 3 is 2.12 bits per heavy atom. The van der Waals surface area contributed by atoms with E-state index < -0.39 is 5.25 Å². The molecule has 1 aliphatic rings. The SMILES string of the molecule is CC(Sc1nnc(-c2ccccc2F)n1C1CC1)C(=O)NC(c1ccccc1)c1ccccc1. The van der Waals surface area contributed by atoms with Crippen LogP contribution < -0.4 is 5.32 Å². The highest BCUT2D eigenvalue weighted by Crippen LogP contribution is 2.42. The van der Waals surface area contributed by atoms with Gasteiger partial charge in [-0.15, -0.1) is 10.2 Å². The van der Waals surface area contributed by atoms with Crippen molar-refractivity contribution < 1.29 is 9.18 Å². The first-order chi connectivity index (χ1) is 16.6. The molecule has 0 radical (unpaired) electrons. The van der Waals surface area contributed by atoms with Crippen molar-refractivity contribution in [2.45, 2.75) is 42.3 Å². The second-order valence-corrected chi connectivity index (χ2v) is 9.72. The van der Waals surface area contributed by atoms with Gasteiger partial charge in [0.2, 0.25) is 5.91 Å². The molecular weight excluding hydrogens is 447 g/mol. The van der Waals surface area contributed by atoms with Crippen LogP contribution in [-0.2, 0) is 4.79 Å². The summed E-state index contributed by atoms with van der Waals surface area (Å²) in [7, 11) is 0. The number of halogens is 1. The molecule has 0 aliphatic heterocycles. The van der Waals surface area contributed by atoms with E-state index in [4.69, 9.17) is 0 Å². The Morgan fingerprint density at radius 2 is 1.53 bits per heavy atom. The number of carbonyl (C=O) groups excluding carboxylic acids is 1. The van der Waals surface area contributed by atoms with E-state index >= 15 is 0 Å². The molecule has 5 nitrogen and oxygen atoms in total. The van der Waals surface area contributed by atoms with Gasteiger partial charge in [0.1, 0.15) is 5.82 Å². The summed E-state index contributed by atoms with van der Waals surface area (Å²) in [5.74, 6) is 0.0929. The van der Waals surface area contributed by atoms with E-state index in [-0.39, 0.29) is 23.8 Å². The van der Waals surface area contributed by atoms with Crippen LogP contribution in [0.15, 0.2) is 90.1 Å². The lowest BCUT2D eigenvalue weighted by atomic mass is 9.98. The normalized spacial score (nSPS) is 14.2. The summed E-state index contributed by atoms with van der Waals surface area (Å²) < 4.78 is 16.4.